The maximum Gasteiger partial charge on any atom is 0.0208 e. The second-order valence-corrected chi connectivity index (χ2v) is 4.41. The van der Waals surface area contributed by atoms with E-state index >= 15 is 0 Å². The smallest absolute Gasteiger partial charge is 0.0208 e. The lowest BCUT2D eigenvalue weighted by Gasteiger charge is -2.23. The molecule has 1 atom stereocenters. The minimum Gasteiger partial charge on any atom is -0.315 e. The van der Waals surface area contributed by atoms with Gasteiger partial charge in [0.2, 0.25) is 0 Å². The quantitative estimate of drug-likeness (QED) is 0.785. The Morgan fingerprint density at radius 2 is 2.13 bits per heavy atom. The first-order valence-corrected chi connectivity index (χ1v) is 5.84. The molecule has 1 aromatic rings. The summed E-state index contributed by atoms with van der Waals surface area (Å²) in [5.41, 5.74) is 2.71. The first kappa shape index (κ1) is 10.7. The summed E-state index contributed by atoms with van der Waals surface area (Å²) in [4.78, 5) is 0. The van der Waals surface area contributed by atoms with Crippen LogP contribution in [0.15, 0.2) is 24.3 Å². The summed E-state index contributed by atoms with van der Waals surface area (Å²) in [6.45, 7) is 5.42. The van der Waals surface area contributed by atoms with Gasteiger partial charge in [0, 0.05) is 19.1 Å². The number of benzene rings is 1. The lowest BCUT2D eigenvalue weighted by atomic mass is 10.1. The number of piperidine rings is 1. The molecule has 1 aromatic carbocycles. The molecule has 15 heavy (non-hydrogen) atoms. The highest BCUT2D eigenvalue weighted by atomic mass is 15.0. The molecule has 2 N–H and O–H groups in total. The van der Waals surface area contributed by atoms with Crippen molar-refractivity contribution in [2.45, 2.75) is 32.4 Å². The molecule has 1 fully saturated rings. The van der Waals surface area contributed by atoms with Crippen LogP contribution in [0.4, 0.5) is 0 Å². The highest BCUT2D eigenvalue weighted by Crippen LogP contribution is 2.05. The molecule has 1 heterocycles. The fraction of sp³-hybridized carbons (Fsp3) is 0.538. The summed E-state index contributed by atoms with van der Waals surface area (Å²) < 4.78 is 0. The second kappa shape index (κ2) is 5.29. The normalized spacial score (nSPS) is 21.5. The van der Waals surface area contributed by atoms with Crippen LogP contribution in [0.2, 0.25) is 0 Å². The number of rotatable bonds is 3. The van der Waals surface area contributed by atoms with Crippen molar-refractivity contribution >= 4 is 0 Å². The second-order valence-electron chi connectivity index (χ2n) is 4.41. The highest BCUT2D eigenvalue weighted by Gasteiger charge is 2.11. The van der Waals surface area contributed by atoms with Gasteiger partial charge in [-0.15, -0.1) is 0 Å². The van der Waals surface area contributed by atoms with Crippen LogP contribution in [0.3, 0.4) is 0 Å². The van der Waals surface area contributed by atoms with Gasteiger partial charge in [0.25, 0.3) is 0 Å². The molecule has 2 nitrogen and oxygen atoms in total. The third-order valence-corrected chi connectivity index (χ3v) is 3.01. The number of hydrogen-bond donors (Lipinski definition) is 2. The van der Waals surface area contributed by atoms with Gasteiger partial charge in [0.05, 0.1) is 0 Å². The van der Waals surface area contributed by atoms with E-state index in [0.29, 0.717) is 6.04 Å². The van der Waals surface area contributed by atoms with E-state index in [-0.39, 0.29) is 0 Å². The SMILES string of the molecule is Cc1ccc(CN[C@H]2CCCNC2)cc1. The number of nitrogens with one attached hydrogen (secondary N) is 2. The molecule has 0 amide bonds. The standard InChI is InChI=1S/C13H20N2/c1-11-4-6-12(7-5-11)9-15-13-3-2-8-14-10-13/h4-7,13-15H,2-3,8-10H2,1H3/t13-/m0/s1. The zero-order valence-electron chi connectivity index (χ0n) is 9.42. The Morgan fingerprint density at radius 1 is 1.33 bits per heavy atom. The van der Waals surface area contributed by atoms with Crippen molar-refractivity contribution in [3.63, 3.8) is 0 Å². The highest BCUT2D eigenvalue weighted by molar-refractivity contribution is 5.21. The number of aryl methyl sites for hydroxylation is 1. The predicted molar refractivity (Wildman–Crippen MR) is 63.9 cm³/mol. The van der Waals surface area contributed by atoms with Gasteiger partial charge in [-0.25, -0.2) is 0 Å². The molecule has 0 saturated carbocycles. The Hall–Kier alpha value is -0.860. The molecule has 0 unspecified atom stereocenters. The Bertz CT molecular complexity index is 286. The van der Waals surface area contributed by atoms with Crippen molar-refractivity contribution in [1.82, 2.24) is 10.6 Å². The van der Waals surface area contributed by atoms with E-state index in [1.54, 1.807) is 0 Å². The van der Waals surface area contributed by atoms with E-state index in [1.165, 1.54) is 30.5 Å². The van der Waals surface area contributed by atoms with Crippen LogP contribution in [0.25, 0.3) is 0 Å². The average Bonchev–Trinajstić information content (AvgIpc) is 2.30. The van der Waals surface area contributed by atoms with Gasteiger partial charge in [-0.1, -0.05) is 29.8 Å². The topological polar surface area (TPSA) is 24.1 Å². The van der Waals surface area contributed by atoms with Crippen LogP contribution >= 0.6 is 0 Å². The van der Waals surface area contributed by atoms with E-state index < -0.39 is 0 Å². The molecule has 0 aromatic heterocycles. The molecule has 2 rings (SSSR count). The van der Waals surface area contributed by atoms with Crippen LogP contribution in [-0.2, 0) is 6.54 Å². The van der Waals surface area contributed by atoms with Gasteiger partial charge in [0.15, 0.2) is 0 Å². The van der Waals surface area contributed by atoms with Crippen LogP contribution in [0.5, 0.6) is 0 Å². The first-order valence-electron chi connectivity index (χ1n) is 5.84. The van der Waals surface area contributed by atoms with Gasteiger partial charge in [0.1, 0.15) is 0 Å². The summed E-state index contributed by atoms with van der Waals surface area (Å²) >= 11 is 0. The van der Waals surface area contributed by atoms with Crippen LogP contribution in [0, 0.1) is 6.92 Å². The van der Waals surface area contributed by atoms with Crippen molar-refractivity contribution in [2.24, 2.45) is 0 Å². The van der Waals surface area contributed by atoms with Crippen molar-refractivity contribution in [3.05, 3.63) is 35.4 Å². The molecule has 0 bridgehead atoms. The predicted octanol–water partition coefficient (Wildman–Crippen LogP) is 1.84. The molecule has 1 aliphatic heterocycles. The zero-order valence-corrected chi connectivity index (χ0v) is 9.42. The molecule has 1 saturated heterocycles. The monoisotopic (exact) mass is 204 g/mol. The Labute approximate surface area is 92.1 Å². The number of hydrogen-bond acceptors (Lipinski definition) is 2. The summed E-state index contributed by atoms with van der Waals surface area (Å²) in [6, 6.07) is 9.42. The summed E-state index contributed by atoms with van der Waals surface area (Å²) in [6.07, 6.45) is 2.60. The van der Waals surface area contributed by atoms with Gasteiger partial charge >= 0.3 is 0 Å². The minimum absolute atomic E-state index is 0.653. The molecule has 0 aliphatic carbocycles. The molecule has 82 valence electrons. The van der Waals surface area contributed by atoms with E-state index in [9.17, 15) is 0 Å². The van der Waals surface area contributed by atoms with E-state index in [4.69, 9.17) is 0 Å². The maximum atomic E-state index is 3.59. The molecular weight excluding hydrogens is 184 g/mol. The van der Waals surface area contributed by atoms with Crippen LogP contribution in [0.1, 0.15) is 24.0 Å². The van der Waals surface area contributed by atoms with E-state index in [1.807, 2.05) is 0 Å². The zero-order chi connectivity index (χ0) is 10.5. The molecule has 0 spiro atoms. The van der Waals surface area contributed by atoms with Crippen LogP contribution < -0.4 is 10.6 Å². The molecule has 1 aliphatic rings. The summed E-state index contributed by atoms with van der Waals surface area (Å²) in [5, 5.41) is 7.01. The molecule has 0 radical (unpaired) electrons. The minimum atomic E-state index is 0.653. The summed E-state index contributed by atoms with van der Waals surface area (Å²) in [7, 11) is 0. The lowest BCUT2D eigenvalue weighted by Crippen LogP contribution is -2.42. The fourth-order valence-electron chi connectivity index (χ4n) is 1.99. The Morgan fingerprint density at radius 3 is 2.80 bits per heavy atom. The summed E-state index contributed by atoms with van der Waals surface area (Å²) in [5.74, 6) is 0. The van der Waals surface area contributed by atoms with E-state index in [2.05, 4.69) is 41.8 Å². The largest absolute Gasteiger partial charge is 0.315 e. The van der Waals surface area contributed by atoms with Crippen molar-refractivity contribution in [3.8, 4) is 0 Å². The third kappa shape index (κ3) is 3.33. The van der Waals surface area contributed by atoms with Gasteiger partial charge in [-0.05, 0) is 31.9 Å². The lowest BCUT2D eigenvalue weighted by molar-refractivity contribution is 0.389. The van der Waals surface area contributed by atoms with Gasteiger partial charge in [-0.3, -0.25) is 0 Å². The van der Waals surface area contributed by atoms with Crippen molar-refractivity contribution in [2.75, 3.05) is 13.1 Å². The van der Waals surface area contributed by atoms with Crippen molar-refractivity contribution in [1.29, 1.82) is 0 Å². The first-order chi connectivity index (χ1) is 7.34. The Kier molecular flexibility index (Phi) is 3.75. The van der Waals surface area contributed by atoms with Crippen molar-refractivity contribution < 1.29 is 0 Å². The van der Waals surface area contributed by atoms with Gasteiger partial charge in [-0.2, -0.15) is 0 Å². The maximum absolute atomic E-state index is 3.59. The van der Waals surface area contributed by atoms with Crippen LogP contribution in [-0.4, -0.2) is 19.1 Å². The fourth-order valence-corrected chi connectivity index (χ4v) is 1.99. The Balaban J connectivity index is 1.79. The third-order valence-electron chi connectivity index (χ3n) is 3.01. The average molecular weight is 204 g/mol. The van der Waals surface area contributed by atoms with Gasteiger partial charge < -0.3 is 10.6 Å². The molecule has 2 heteroatoms. The van der Waals surface area contributed by atoms with E-state index in [0.717, 1.165) is 13.1 Å². The molecular formula is C13H20N2.